The molecule has 1 amide bonds. The van der Waals surface area contributed by atoms with Crippen molar-refractivity contribution in [2.24, 2.45) is 0 Å². The van der Waals surface area contributed by atoms with E-state index in [4.69, 9.17) is 11.6 Å². The van der Waals surface area contributed by atoms with Gasteiger partial charge in [0, 0.05) is 81.4 Å². The van der Waals surface area contributed by atoms with E-state index < -0.39 is 53.1 Å². The van der Waals surface area contributed by atoms with Crippen molar-refractivity contribution in [1.82, 2.24) is 19.8 Å². The summed E-state index contributed by atoms with van der Waals surface area (Å²) in [4.78, 5) is 38.4. The number of piperazine rings is 1. The van der Waals surface area contributed by atoms with Gasteiger partial charge in [-0.2, -0.15) is 0 Å². The van der Waals surface area contributed by atoms with Gasteiger partial charge in [-0.05, 0) is 71.3 Å². The first-order valence-electron chi connectivity index (χ1n) is 19.3. The van der Waals surface area contributed by atoms with Crippen LogP contribution < -0.4 is 14.9 Å². The van der Waals surface area contributed by atoms with E-state index in [-0.39, 0.29) is 22.8 Å². The molecule has 7 rings (SSSR count). The minimum Gasteiger partial charge on any atom is -0.375 e. The third kappa shape index (κ3) is 10.3. The van der Waals surface area contributed by atoms with Crippen molar-refractivity contribution in [1.29, 1.82) is 0 Å². The second kappa shape index (κ2) is 18.2. The van der Waals surface area contributed by atoms with E-state index in [9.17, 15) is 31.7 Å². The molecule has 2 N–H and O–H groups in total. The lowest BCUT2D eigenvalue weighted by Crippen LogP contribution is -2.46. The van der Waals surface area contributed by atoms with Crippen LogP contribution in [0.25, 0.3) is 22.0 Å². The summed E-state index contributed by atoms with van der Waals surface area (Å²) in [5.41, 5.74) is 4.13. The zero-order valence-electron chi connectivity index (χ0n) is 33.3. The van der Waals surface area contributed by atoms with Gasteiger partial charge in [-0.25, -0.2) is 26.8 Å². The molecule has 1 aliphatic heterocycles. The molecule has 1 fully saturated rings. The van der Waals surface area contributed by atoms with Gasteiger partial charge >= 0.3 is 0 Å². The van der Waals surface area contributed by atoms with Crippen molar-refractivity contribution in [3.8, 4) is 11.1 Å². The number of fused-ring (bicyclic) bond motifs is 1. The molecule has 0 aliphatic carbocycles. The molecule has 1 saturated heterocycles. The number of nitro benzene ring substituents is 1. The van der Waals surface area contributed by atoms with Crippen LogP contribution in [0, 0.1) is 10.1 Å². The molecule has 316 valence electrons. The van der Waals surface area contributed by atoms with Gasteiger partial charge in [0.15, 0.2) is 15.7 Å². The van der Waals surface area contributed by atoms with Gasteiger partial charge in [0.05, 0.1) is 26.0 Å². The number of anilines is 3. The number of hydrogen-bond acceptors (Lipinski definition) is 12. The quantitative estimate of drug-likeness (QED) is 0.0821. The Morgan fingerprint density at radius 3 is 2.26 bits per heavy atom. The molecule has 1 atom stereocenters. The van der Waals surface area contributed by atoms with Crippen LogP contribution in [-0.4, -0.2) is 99.5 Å². The number of amides is 1. The highest BCUT2D eigenvalue weighted by atomic mass is 35.5. The molecular formula is C43H43ClN8O7S2. The van der Waals surface area contributed by atoms with Crippen LogP contribution in [0.3, 0.4) is 0 Å². The van der Waals surface area contributed by atoms with E-state index in [1.165, 1.54) is 54.6 Å². The number of aromatic nitrogens is 2. The van der Waals surface area contributed by atoms with E-state index >= 15 is 0 Å². The SMILES string of the molecule is CN(C)C(=O)CC(CS(=O)(=O)c1ccccc1)Nc1ccc(S(=O)(=O)Nc2ncnc3cc(N4CCN(Cc5ccccc5-c5ccc(Cl)cc5)CC4)ccc23)cc1[N+](=O)[O-]. The number of halogens is 1. The number of nitrogens with one attached hydrogen (secondary N) is 2. The number of benzene rings is 5. The van der Waals surface area contributed by atoms with E-state index in [0.717, 1.165) is 56.1 Å². The summed E-state index contributed by atoms with van der Waals surface area (Å²) in [7, 11) is -5.35. The standard InChI is InChI=1S/C43H43ClN8O7S2/c1-49(2)42(53)24-33(28-60(56,57)35-9-4-3-5-10-35)47-39-19-17-36(26-41(39)52(54)55)61(58,59)48-43-38-18-16-34(25-40(38)45-29-46-43)51-22-20-50(21-23-51)27-31-8-6-7-11-37(31)30-12-14-32(44)15-13-30/h3-19,25-26,29,33,47H,20-24,27-28H2,1-2H3,(H,45,46,48). The highest BCUT2D eigenvalue weighted by Crippen LogP contribution is 2.32. The number of nitrogens with zero attached hydrogens (tertiary/aromatic N) is 6. The largest absolute Gasteiger partial charge is 0.375 e. The first-order valence-corrected chi connectivity index (χ1v) is 22.8. The summed E-state index contributed by atoms with van der Waals surface area (Å²) in [5, 5.41) is 16.3. The lowest BCUT2D eigenvalue weighted by molar-refractivity contribution is -0.384. The van der Waals surface area contributed by atoms with Crippen LogP contribution in [0.1, 0.15) is 12.0 Å². The topological polar surface area (TPSA) is 188 Å². The number of sulfone groups is 1. The van der Waals surface area contributed by atoms with Crippen molar-refractivity contribution in [3.05, 3.63) is 142 Å². The lowest BCUT2D eigenvalue weighted by Gasteiger charge is -2.36. The second-order valence-corrected chi connectivity index (χ2v) is 19.0. The summed E-state index contributed by atoms with van der Waals surface area (Å²) in [6.45, 7) is 3.96. The molecule has 0 radical (unpaired) electrons. The van der Waals surface area contributed by atoms with E-state index in [1.54, 1.807) is 24.3 Å². The second-order valence-electron chi connectivity index (χ2n) is 14.8. The molecule has 15 nitrogen and oxygen atoms in total. The van der Waals surface area contributed by atoms with Crippen LogP contribution in [-0.2, 0) is 31.2 Å². The van der Waals surface area contributed by atoms with E-state index in [1.807, 2.05) is 48.5 Å². The van der Waals surface area contributed by atoms with Gasteiger partial charge in [-0.3, -0.25) is 24.5 Å². The highest BCUT2D eigenvalue weighted by Gasteiger charge is 2.29. The van der Waals surface area contributed by atoms with Gasteiger partial charge in [0.25, 0.3) is 15.7 Å². The molecule has 1 aromatic heterocycles. The van der Waals surface area contributed by atoms with Crippen LogP contribution in [0.15, 0.2) is 131 Å². The smallest absolute Gasteiger partial charge is 0.293 e. The Labute approximate surface area is 359 Å². The number of nitro groups is 1. The Morgan fingerprint density at radius 1 is 0.852 bits per heavy atom. The zero-order valence-corrected chi connectivity index (χ0v) is 35.7. The maximum atomic E-state index is 13.7. The van der Waals surface area contributed by atoms with Crippen LogP contribution in [0.4, 0.5) is 22.9 Å². The average molecular weight is 883 g/mol. The van der Waals surface area contributed by atoms with Gasteiger partial charge in [-0.15, -0.1) is 0 Å². The number of rotatable bonds is 15. The summed E-state index contributed by atoms with van der Waals surface area (Å²) in [6.07, 6.45) is 0.936. The Kier molecular flexibility index (Phi) is 12.8. The Bertz CT molecular complexity index is 2790. The Balaban J connectivity index is 1.05. The molecule has 6 aromatic rings. The van der Waals surface area contributed by atoms with Gasteiger partial charge < -0.3 is 15.1 Å². The van der Waals surface area contributed by atoms with Crippen LogP contribution >= 0.6 is 11.6 Å². The lowest BCUT2D eigenvalue weighted by atomic mass is 9.99. The van der Waals surface area contributed by atoms with Gasteiger partial charge in [0.1, 0.15) is 12.0 Å². The van der Waals surface area contributed by atoms with E-state index in [2.05, 4.69) is 41.9 Å². The molecule has 1 aliphatic rings. The maximum Gasteiger partial charge on any atom is 0.293 e. The molecule has 61 heavy (non-hydrogen) atoms. The first kappa shape index (κ1) is 43.0. The van der Waals surface area contributed by atoms with Crippen LogP contribution in [0.5, 0.6) is 0 Å². The minimum atomic E-state index is -4.44. The van der Waals surface area contributed by atoms with Crippen molar-refractivity contribution < 1.29 is 26.6 Å². The monoisotopic (exact) mass is 882 g/mol. The molecule has 1 unspecified atom stereocenters. The third-order valence-electron chi connectivity index (χ3n) is 10.4. The summed E-state index contributed by atoms with van der Waals surface area (Å²) in [6, 6.07) is 31.5. The van der Waals surface area contributed by atoms with Crippen molar-refractivity contribution in [3.63, 3.8) is 0 Å². The minimum absolute atomic E-state index is 0.0149. The average Bonchev–Trinajstić information content (AvgIpc) is 3.24. The molecular weight excluding hydrogens is 840 g/mol. The molecule has 18 heteroatoms. The zero-order chi connectivity index (χ0) is 43.3. The highest BCUT2D eigenvalue weighted by molar-refractivity contribution is 7.92. The summed E-state index contributed by atoms with van der Waals surface area (Å²) in [5.74, 6) is -0.990. The molecule has 0 spiro atoms. The summed E-state index contributed by atoms with van der Waals surface area (Å²) >= 11 is 6.13. The van der Waals surface area contributed by atoms with Gasteiger partial charge in [-0.1, -0.05) is 66.2 Å². The van der Waals surface area contributed by atoms with Crippen LogP contribution in [0.2, 0.25) is 5.02 Å². The normalized spacial score (nSPS) is 14.0. The Hall–Kier alpha value is -6.14. The molecule has 5 aromatic carbocycles. The van der Waals surface area contributed by atoms with Crippen molar-refractivity contribution in [2.45, 2.75) is 28.8 Å². The number of sulfonamides is 1. The van der Waals surface area contributed by atoms with E-state index in [0.29, 0.717) is 15.9 Å². The molecule has 2 heterocycles. The fourth-order valence-corrected chi connectivity index (χ4v) is 9.86. The fourth-order valence-electron chi connectivity index (χ4n) is 7.19. The third-order valence-corrected chi connectivity index (χ3v) is 13.9. The predicted molar refractivity (Wildman–Crippen MR) is 237 cm³/mol. The van der Waals surface area contributed by atoms with Gasteiger partial charge in [0.2, 0.25) is 5.91 Å². The number of hydrogen-bond donors (Lipinski definition) is 2. The summed E-state index contributed by atoms with van der Waals surface area (Å²) < 4.78 is 56.5. The van der Waals surface area contributed by atoms with Crippen molar-refractivity contribution >= 4 is 71.2 Å². The predicted octanol–water partition coefficient (Wildman–Crippen LogP) is 6.71. The fraction of sp³-hybridized carbons (Fsp3) is 0.233. The number of carbonyl (C=O) groups is 1. The maximum absolute atomic E-state index is 13.7. The van der Waals surface area contributed by atoms with Crippen molar-refractivity contribution in [2.75, 3.05) is 61.0 Å². The Morgan fingerprint density at radius 2 is 1.56 bits per heavy atom. The molecule has 0 saturated carbocycles. The molecule has 0 bridgehead atoms. The number of carbonyl (C=O) groups excluding carboxylic acids is 1. The first-order chi connectivity index (χ1) is 29.2.